The minimum atomic E-state index is -1.15. The highest BCUT2D eigenvalue weighted by Crippen LogP contribution is 2.14. The Labute approximate surface area is 243 Å². The van der Waals surface area contributed by atoms with Crippen LogP contribution in [0.3, 0.4) is 0 Å². The Kier molecular flexibility index (Phi) is 13.2. The predicted octanol–water partition coefficient (Wildman–Crippen LogP) is -0.999. The van der Waals surface area contributed by atoms with Crippen LogP contribution in [0.4, 0.5) is 4.39 Å². The summed E-state index contributed by atoms with van der Waals surface area (Å²) in [7, 11) is 0. The van der Waals surface area contributed by atoms with Crippen LogP contribution in [0, 0.1) is 5.82 Å². The van der Waals surface area contributed by atoms with Gasteiger partial charge in [0.05, 0.1) is 12.6 Å². The molecule has 0 aliphatic rings. The summed E-state index contributed by atoms with van der Waals surface area (Å²) in [6, 6.07) is 8.79. The van der Waals surface area contributed by atoms with Crippen LogP contribution >= 0.6 is 0 Å². The third kappa shape index (κ3) is 10.7. The second-order valence-corrected chi connectivity index (χ2v) is 9.60. The van der Waals surface area contributed by atoms with Crippen molar-refractivity contribution in [2.24, 2.45) is 27.9 Å². The van der Waals surface area contributed by atoms with Gasteiger partial charge in [0.25, 0.3) is 0 Å². The number of phenolic OH excluding ortho intramolecular Hbond substituents is 1. The zero-order valence-electron chi connectivity index (χ0n) is 23.5. The zero-order valence-corrected chi connectivity index (χ0v) is 23.5. The number of phenols is 1. The maximum atomic E-state index is 14.2. The molecule has 42 heavy (non-hydrogen) atoms. The summed E-state index contributed by atoms with van der Waals surface area (Å²) in [6.07, 6.45) is 0.459. The van der Waals surface area contributed by atoms with Gasteiger partial charge >= 0.3 is 0 Å². The number of carbonyl (C=O) groups excluding carboxylic acids is 4. The van der Waals surface area contributed by atoms with E-state index in [9.17, 15) is 28.7 Å². The number of benzene rings is 2. The number of nitrogens with zero attached hydrogens (tertiary/aromatic N) is 2. The van der Waals surface area contributed by atoms with E-state index in [1.165, 1.54) is 30.3 Å². The van der Waals surface area contributed by atoms with Crippen molar-refractivity contribution in [3.63, 3.8) is 0 Å². The second kappa shape index (κ2) is 16.5. The van der Waals surface area contributed by atoms with Crippen molar-refractivity contribution in [2.45, 2.75) is 50.7 Å². The number of aromatic hydroxyl groups is 1. The number of primary amides is 1. The molecule has 4 amide bonds. The molecule has 0 fully saturated rings. The highest BCUT2D eigenvalue weighted by molar-refractivity contribution is 5.93. The van der Waals surface area contributed by atoms with Gasteiger partial charge in [0.2, 0.25) is 23.6 Å². The summed E-state index contributed by atoms with van der Waals surface area (Å²) in [5, 5.41) is 14.5. The molecule has 2 aromatic rings. The lowest BCUT2D eigenvalue weighted by atomic mass is 10.0. The molecule has 0 unspecified atom stereocenters. The van der Waals surface area contributed by atoms with E-state index in [0.717, 1.165) is 4.90 Å². The first-order valence-electron chi connectivity index (χ1n) is 13.4. The molecule has 2 aromatic carbocycles. The molecule has 14 heteroatoms. The van der Waals surface area contributed by atoms with Crippen LogP contribution < -0.4 is 33.6 Å². The van der Waals surface area contributed by atoms with Gasteiger partial charge in [0, 0.05) is 19.5 Å². The van der Waals surface area contributed by atoms with Crippen molar-refractivity contribution in [1.82, 2.24) is 15.5 Å². The van der Waals surface area contributed by atoms with Crippen LogP contribution in [-0.2, 0) is 32.0 Å². The second-order valence-electron chi connectivity index (χ2n) is 9.60. The topological polar surface area (TPSA) is 232 Å². The number of rotatable bonds is 16. The molecule has 0 spiro atoms. The summed E-state index contributed by atoms with van der Waals surface area (Å²) in [5.41, 5.74) is 23.2. The first kappa shape index (κ1) is 33.5. The van der Waals surface area contributed by atoms with Crippen LogP contribution in [0.25, 0.3) is 0 Å². The molecule has 3 atom stereocenters. The van der Waals surface area contributed by atoms with E-state index >= 15 is 0 Å². The van der Waals surface area contributed by atoms with Crippen LogP contribution in [0.2, 0.25) is 0 Å². The van der Waals surface area contributed by atoms with Gasteiger partial charge in [-0.15, -0.1) is 0 Å². The number of likely N-dealkylation sites (N-methyl/N-ethyl adjacent to an activating group) is 1. The Morgan fingerprint density at radius 1 is 1.00 bits per heavy atom. The van der Waals surface area contributed by atoms with Crippen molar-refractivity contribution in [2.75, 3.05) is 19.6 Å². The SMILES string of the molecule is CCN(C(=O)CNC(=O)[C@@H](CCCN=C(N)N)NC(=O)[C@@H](N)Cc1ccc(O)cc1)[C@H](Cc1ccccc1F)C(N)=O. The lowest BCUT2D eigenvalue weighted by Gasteiger charge is -2.29. The summed E-state index contributed by atoms with van der Waals surface area (Å²) >= 11 is 0. The number of hydrogen-bond donors (Lipinski definition) is 7. The van der Waals surface area contributed by atoms with Crippen LogP contribution in [0.5, 0.6) is 5.75 Å². The number of halogens is 1. The lowest BCUT2D eigenvalue weighted by Crippen LogP contribution is -2.55. The molecule has 0 aliphatic carbocycles. The van der Waals surface area contributed by atoms with Crippen LogP contribution in [0.1, 0.15) is 30.9 Å². The Bertz CT molecular complexity index is 1250. The molecular formula is C28H39FN8O5. The minimum absolute atomic E-state index is 0.0693. The first-order chi connectivity index (χ1) is 19.9. The number of nitrogens with two attached hydrogens (primary N) is 4. The Morgan fingerprint density at radius 3 is 2.26 bits per heavy atom. The molecule has 0 saturated heterocycles. The lowest BCUT2D eigenvalue weighted by molar-refractivity contribution is -0.139. The van der Waals surface area contributed by atoms with E-state index in [0.29, 0.717) is 12.0 Å². The first-order valence-corrected chi connectivity index (χ1v) is 13.4. The van der Waals surface area contributed by atoms with E-state index in [1.807, 2.05) is 0 Å². The molecule has 13 nitrogen and oxygen atoms in total. The zero-order chi connectivity index (χ0) is 31.2. The molecule has 11 N–H and O–H groups in total. The van der Waals surface area contributed by atoms with E-state index < -0.39 is 54.1 Å². The average Bonchev–Trinajstić information content (AvgIpc) is 2.94. The fourth-order valence-corrected chi connectivity index (χ4v) is 4.22. The Morgan fingerprint density at radius 2 is 1.67 bits per heavy atom. The van der Waals surface area contributed by atoms with E-state index in [1.54, 1.807) is 25.1 Å². The number of guanidine groups is 1. The standard InChI is InChI=1S/C28H39FN8O5/c1-2-37(23(25(31)40)15-18-6-3-4-7-20(18)29)24(39)16-35-27(42)22(8-5-13-34-28(32)33)36-26(41)21(30)14-17-9-11-19(38)12-10-17/h3-4,6-7,9-12,21-23,38H,2,5,8,13-16,30H2,1H3,(H2,31,40)(H,35,42)(H,36,41)(H4,32,33,34)/t21-,22+,23+/m0/s1. The fourth-order valence-electron chi connectivity index (χ4n) is 4.22. The largest absolute Gasteiger partial charge is 0.508 e. The maximum absolute atomic E-state index is 14.2. The van der Waals surface area contributed by atoms with Crippen molar-refractivity contribution < 1.29 is 28.7 Å². The number of carbonyl (C=O) groups is 4. The molecule has 0 aliphatic heterocycles. The number of hydrogen-bond acceptors (Lipinski definition) is 7. The third-order valence-corrected chi connectivity index (χ3v) is 6.46. The quantitative estimate of drug-likeness (QED) is 0.0730. The average molecular weight is 587 g/mol. The van der Waals surface area contributed by atoms with E-state index in [-0.39, 0.29) is 49.6 Å². The Balaban J connectivity index is 2.08. The van der Waals surface area contributed by atoms with Crippen molar-refractivity contribution >= 4 is 29.6 Å². The molecule has 0 bridgehead atoms. The molecule has 228 valence electrons. The molecular weight excluding hydrogens is 547 g/mol. The van der Waals surface area contributed by atoms with Crippen LogP contribution in [0.15, 0.2) is 53.5 Å². The third-order valence-electron chi connectivity index (χ3n) is 6.46. The smallest absolute Gasteiger partial charge is 0.243 e. The van der Waals surface area contributed by atoms with Crippen molar-refractivity contribution in [1.29, 1.82) is 0 Å². The van der Waals surface area contributed by atoms with Crippen molar-refractivity contribution in [3.05, 3.63) is 65.5 Å². The maximum Gasteiger partial charge on any atom is 0.243 e. The summed E-state index contributed by atoms with van der Waals surface area (Å²) in [6.45, 7) is 1.38. The van der Waals surface area contributed by atoms with E-state index in [4.69, 9.17) is 22.9 Å². The van der Waals surface area contributed by atoms with Gasteiger partial charge in [-0.05, 0) is 55.5 Å². The number of aliphatic imine (C=N–C) groups is 1. The molecule has 0 radical (unpaired) electrons. The van der Waals surface area contributed by atoms with E-state index in [2.05, 4.69) is 15.6 Å². The summed E-state index contributed by atoms with van der Waals surface area (Å²) in [5.74, 6) is -3.32. The summed E-state index contributed by atoms with van der Waals surface area (Å²) < 4.78 is 14.2. The monoisotopic (exact) mass is 586 g/mol. The van der Waals surface area contributed by atoms with Gasteiger partial charge < -0.3 is 43.6 Å². The normalized spacial score (nSPS) is 12.8. The molecule has 0 saturated carbocycles. The predicted molar refractivity (Wildman–Crippen MR) is 155 cm³/mol. The van der Waals surface area contributed by atoms with Gasteiger partial charge in [-0.3, -0.25) is 24.2 Å². The highest BCUT2D eigenvalue weighted by atomic mass is 19.1. The van der Waals surface area contributed by atoms with Gasteiger partial charge in [-0.2, -0.15) is 0 Å². The number of nitrogens with one attached hydrogen (secondary N) is 2. The molecule has 0 aromatic heterocycles. The van der Waals surface area contributed by atoms with Gasteiger partial charge in [0.1, 0.15) is 23.7 Å². The minimum Gasteiger partial charge on any atom is -0.508 e. The highest BCUT2D eigenvalue weighted by Gasteiger charge is 2.29. The summed E-state index contributed by atoms with van der Waals surface area (Å²) in [4.78, 5) is 56.2. The van der Waals surface area contributed by atoms with Gasteiger partial charge in [-0.1, -0.05) is 30.3 Å². The van der Waals surface area contributed by atoms with Crippen molar-refractivity contribution in [3.8, 4) is 5.75 Å². The molecule has 2 rings (SSSR count). The van der Waals surface area contributed by atoms with Gasteiger partial charge in [0.15, 0.2) is 5.96 Å². The fraction of sp³-hybridized carbons (Fsp3) is 0.393. The van der Waals surface area contributed by atoms with Crippen LogP contribution in [-0.4, -0.2) is 77.4 Å². The van der Waals surface area contributed by atoms with Gasteiger partial charge in [-0.25, -0.2) is 4.39 Å². The molecule has 0 heterocycles. The number of amides is 4. The Hall–Kier alpha value is -4.72.